The van der Waals surface area contributed by atoms with E-state index in [4.69, 9.17) is 0 Å². The molecule has 0 atom stereocenters. The normalized spacial score (nSPS) is 10.6. The monoisotopic (exact) mass is 196 g/mol. The van der Waals surface area contributed by atoms with Gasteiger partial charge < -0.3 is 0 Å². The van der Waals surface area contributed by atoms with Crippen LogP contribution in [-0.2, 0) is 0 Å². The number of rotatable bonds is 2. The molecule has 0 aromatic carbocycles. The molecular weight excluding hydrogens is 168 g/mol. The number of hydrogen-bond acceptors (Lipinski definition) is 0. The minimum atomic E-state index is 1.16. The van der Waals surface area contributed by atoms with Crippen molar-refractivity contribution >= 4 is 0 Å². The summed E-state index contributed by atoms with van der Waals surface area (Å²) in [6.07, 6.45) is 11.5. The highest BCUT2D eigenvalue weighted by Crippen LogP contribution is 1.91. The lowest BCUT2D eigenvalue weighted by Crippen LogP contribution is -1.60. The largest absolute Gasteiger partial charge is 0.0917 e. The number of allylic oxidation sites excluding steroid dienone is 6. The first kappa shape index (κ1) is 18.9. The van der Waals surface area contributed by atoms with E-state index < -0.39 is 0 Å². The molecule has 0 heteroatoms. The summed E-state index contributed by atoms with van der Waals surface area (Å²) in [4.78, 5) is 0. The topological polar surface area (TPSA) is 0 Å². The predicted octanol–water partition coefficient (Wildman–Crippen LogP) is 5.53. The Bertz CT molecular complexity index is 147. The van der Waals surface area contributed by atoms with Crippen molar-refractivity contribution in [2.45, 2.75) is 54.9 Å². The summed E-state index contributed by atoms with van der Waals surface area (Å²) in [7, 11) is 0. The Morgan fingerprint density at radius 2 is 1.50 bits per heavy atom. The summed E-state index contributed by atoms with van der Waals surface area (Å²) in [5, 5.41) is 0. The first-order chi connectivity index (χ1) is 6.72. The standard InChI is InChI=1S/C7H12.C5H10.C2H6/c1-4-6-7(3)5-2;1-3-5-4-2;1-2/h4-6H,1-3H3;3,5H,4H2,1-2H3;1-2H3/b6-4-,7-5-;5-3-;. The van der Waals surface area contributed by atoms with Crippen LogP contribution in [0.3, 0.4) is 0 Å². The number of hydrogen-bond donors (Lipinski definition) is 0. The molecule has 0 bridgehead atoms. The first-order valence-electron chi connectivity index (χ1n) is 5.59. The second-order valence-electron chi connectivity index (χ2n) is 2.51. The van der Waals surface area contributed by atoms with Crippen LogP contribution in [0.2, 0.25) is 0 Å². The zero-order chi connectivity index (χ0) is 11.8. The Labute approximate surface area is 91.4 Å². The molecule has 84 valence electrons. The van der Waals surface area contributed by atoms with E-state index in [9.17, 15) is 0 Å². The molecule has 0 fully saturated rings. The maximum absolute atomic E-state index is 2.12. The Morgan fingerprint density at radius 1 is 1.00 bits per heavy atom. The molecular formula is C14H28. The molecule has 0 N–H and O–H groups in total. The molecule has 0 aliphatic rings. The molecule has 0 spiro atoms. The van der Waals surface area contributed by atoms with Gasteiger partial charge in [-0.1, -0.05) is 56.7 Å². The average molecular weight is 196 g/mol. The van der Waals surface area contributed by atoms with Crippen molar-refractivity contribution in [2.24, 2.45) is 0 Å². The van der Waals surface area contributed by atoms with E-state index in [0.717, 1.165) is 6.42 Å². The molecule has 14 heavy (non-hydrogen) atoms. The van der Waals surface area contributed by atoms with E-state index in [2.05, 4.69) is 38.2 Å². The van der Waals surface area contributed by atoms with Crippen LogP contribution in [-0.4, -0.2) is 0 Å². The van der Waals surface area contributed by atoms with Crippen LogP contribution in [0, 0.1) is 0 Å². The highest BCUT2D eigenvalue weighted by atomic mass is 13.8. The van der Waals surface area contributed by atoms with E-state index in [1.54, 1.807) is 0 Å². The molecule has 0 unspecified atom stereocenters. The van der Waals surface area contributed by atoms with Crippen molar-refractivity contribution in [3.63, 3.8) is 0 Å². The zero-order valence-corrected chi connectivity index (χ0v) is 11.1. The molecule has 0 radical (unpaired) electrons. The fraction of sp³-hybridized carbons (Fsp3) is 0.571. The lowest BCUT2D eigenvalue weighted by molar-refractivity contribution is 1.22. The fourth-order valence-corrected chi connectivity index (χ4v) is 0.595. The summed E-state index contributed by atoms with van der Waals surface area (Å²) in [5.41, 5.74) is 1.32. The average Bonchev–Trinajstić information content (AvgIpc) is 2.23. The summed E-state index contributed by atoms with van der Waals surface area (Å²) in [6.45, 7) is 14.3. The third kappa shape index (κ3) is 30.3. The van der Waals surface area contributed by atoms with Gasteiger partial charge in [0.2, 0.25) is 0 Å². The first-order valence-corrected chi connectivity index (χ1v) is 5.59. The summed E-state index contributed by atoms with van der Waals surface area (Å²) in [5.74, 6) is 0. The van der Waals surface area contributed by atoms with Gasteiger partial charge in [0.1, 0.15) is 0 Å². The minimum Gasteiger partial charge on any atom is -0.0917 e. The fourth-order valence-electron chi connectivity index (χ4n) is 0.595. The second-order valence-corrected chi connectivity index (χ2v) is 2.51. The van der Waals surface area contributed by atoms with Crippen LogP contribution < -0.4 is 0 Å². The lowest BCUT2D eigenvalue weighted by Gasteiger charge is -1.81. The van der Waals surface area contributed by atoms with Gasteiger partial charge in [-0.2, -0.15) is 0 Å². The molecule has 0 aromatic heterocycles. The third-order valence-corrected chi connectivity index (χ3v) is 1.36. The van der Waals surface area contributed by atoms with Crippen LogP contribution >= 0.6 is 0 Å². The van der Waals surface area contributed by atoms with Crippen LogP contribution in [0.25, 0.3) is 0 Å². The molecule has 0 aliphatic heterocycles. The van der Waals surface area contributed by atoms with Crippen molar-refractivity contribution in [2.75, 3.05) is 0 Å². The highest BCUT2D eigenvalue weighted by Gasteiger charge is 1.69. The van der Waals surface area contributed by atoms with Crippen molar-refractivity contribution < 1.29 is 0 Å². The van der Waals surface area contributed by atoms with Gasteiger partial charge in [-0.05, 0) is 34.1 Å². The smallest absolute Gasteiger partial charge is 0.0379 e. The van der Waals surface area contributed by atoms with Crippen molar-refractivity contribution in [3.05, 3.63) is 36.0 Å². The Morgan fingerprint density at radius 3 is 1.57 bits per heavy atom. The highest BCUT2D eigenvalue weighted by molar-refractivity contribution is 5.13. The summed E-state index contributed by atoms with van der Waals surface area (Å²) >= 11 is 0. The summed E-state index contributed by atoms with van der Waals surface area (Å²) in [6, 6.07) is 0. The van der Waals surface area contributed by atoms with Crippen LogP contribution in [0.5, 0.6) is 0 Å². The molecule has 0 aromatic rings. The van der Waals surface area contributed by atoms with E-state index in [0.29, 0.717) is 0 Å². The van der Waals surface area contributed by atoms with Gasteiger partial charge in [-0.15, -0.1) is 0 Å². The molecule has 0 heterocycles. The van der Waals surface area contributed by atoms with Gasteiger partial charge in [-0.3, -0.25) is 0 Å². The van der Waals surface area contributed by atoms with Crippen LogP contribution in [0.1, 0.15) is 54.9 Å². The van der Waals surface area contributed by atoms with Crippen molar-refractivity contribution in [1.82, 2.24) is 0 Å². The van der Waals surface area contributed by atoms with Gasteiger partial charge in [0, 0.05) is 0 Å². The van der Waals surface area contributed by atoms with Gasteiger partial charge in [0.25, 0.3) is 0 Å². The van der Waals surface area contributed by atoms with E-state index in [-0.39, 0.29) is 0 Å². The maximum atomic E-state index is 2.12. The molecule has 0 nitrogen and oxygen atoms in total. The van der Waals surface area contributed by atoms with Gasteiger partial charge in [0.15, 0.2) is 0 Å². The second kappa shape index (κ2) is 22.8. The van der Waals surface area contributed by atoms with Crippen LogP contribution in [0.15, 0.2) is 36.0 Å². The third-order valence-electron chi connectivity index (χ3n) is 1.36. The molecule has 0 aliphatic carbocycles. The minimum absolute atomic E-state index is 1.16. The summed E-state index contributed by atoms with van der Waals surface area (Å²) < 4.78 is 0. The maximum Gasteiger partial charge on any atom is -0.0379 e. The Kier molecular flexibility index (Phi) is 30.7. The van der Waals surface area contributed by atoms with Crippen LogP contribution in [0.4, 0.5) is 0 Å². The SMILES string of the molecule is C/C=C\C(C)=C/C.C/C=C\CC.CC. The van der Waals surface area contributed by atoms with E-state index in [1.165, 1.54) is 5.57 Å². The van der Waals surface area contributed by atoms with Crippen molar-refractivity contribution in [3.8, 4) is 0 Å². The molecule has 0 rings (SSSR count). The van der Waals surface area contributed by atoms with E-state index in [1.807, 2.05) is 40.7 Å². The lowest BCUT2D eigenvalue weighted by atomic mass is 10.3. The zero-order valence-electron chi connectivity index (χ0n) is 11.1. The Hall–Kier alpha value is -0.780. The predicted molar refractivity (Wildman–Crippen MR) is 70.7 cm³/mol. The molecule has 0 saturated heterocycles. The van der Waals surface area contributed by atoms with E-state index >= 15 is 0 Å². The Balaban J connectivity index is -0.000000152. The van der Waals surface area contributed by atoms with Gasteiger partial charge in [-0.25, -0.2) is 0 Å². The van der Waals surface area contributed by atoms with Gasteiger partial charge >= 0.3 is 0 Å². The van der Waals surface area contributed by atoms with Gasteiger partial charge in [0.05, 0.1) is 0 Å². The van der Waals surface area contributed by atoms with Crippen molar-refractivity contribution in [1.29, 1.82) is 0 Å². The quantitative estimate of drug-likeness (QED) is 0.402. The molecule has 0 amide bonds. The molecule has 0 saturated carbocycles.